The number of anilines is 1. The molecule has 1 saturated carbocycles. The first-order valence-corrected chi connectivity index (χ1v) is 7.63. The summed E-state index contributed by atoms with van der Waals surface area (Å²) in [5.74, 6) is -1.76. The molecular weight excluding hydrogens is 274 g/mol. The third-order valence-electron chi connectivity index (χ3n) is 4.83. The van der Waals surface area contributed by atoms with E-state index in [-0.39, 0.29) is 23.2 Å². The van der Waals surface area contributed by atoms with E-state index in [0.29, 0.717) is 12.5 Å². The minimum Gasteiger partial charge on any atom is -0.398 e. The van der Waals surface area contributed by atoms with Crippen molar-refractivity contribution in [1.82, 2.24) is 4.90 Å². The second kappa shape index (κ2) is 5.62. The molecule has 3 rings (SSSR count). The fourth-order valence-corrected chi connectivity index (χ4v) is 3.78. The molecule has 5 heteroatoms. The number of amides is 1. The summed E-state index contributed by atoms with van der Waals surface area (Å²) in [6, 6.07) is 2.05. The molecule has 1 atom stereocenters. The monoisotopic (exact) mass is 294 g/mol. The van der Waals surface area contributed by atoms with Crippen molar-refractivity contribution in [3.05, 3.63) is 29.3 Å². The van der Waals surface area contributed by atoms with Gasteiger partial charge in [0.1, 0.15) is 0 Å². The first kappa shape index (κ1) is 14.3. The zero-order valence-corrected chi connectivity index (χ0v) is 11.9. The third kappa shape index (κ3) is 2.61. The van der Waals surface area contributed by atoms with Crippen LogP contribution in [0.15, 0.2) is 12.1 Å². The number of likely N-dealkylation sites (tertiary alicyclic amines) is 1. The summed E-state index contributed by atoms with van der Waals surface area (Å²) in [5.41, 5.74) is 5.80. The van der Waals surface area contributed by atoms with E-state index in [1.165, 1.54) is 12.8 Å². The summed E-state index contributed by atoms with van der Waals surface area (Å²) in [7, 11) is 0. The lowest BCUT2D eigenvalue weighted by atomic mass is 9.95. The molecule has 1 aliphatic heterocycles. The number of nitrogens with two attached hydrogens (primary N) is 1. The zero-order valence-electron chi connectivity index (χ0n) is 11.9. The van der Waals surface area contributed by atoms with Gasteiger partial charge in [-0.05, 0) is 37.7 Å². The van der Waals surface area contributed by atoms with Crippen molar-refractivity contribution in [2.75, 3.05) is 12.3 Å². The van der Waals surface area contributed by atoms with Gasteiger partial charge in [-0.1, -0.05) is 12.8 Å². The number of carbonyl (C=O) groups is 1. The van der Waals surface area contributed by atoms with E-state index >= 15 is 0 Å². The Labute approximate surface area is 123 Å². The molecule has 2 N–H and O–H groups in total. The number of carbonyl (C=O) groups excluding carboxylic acids is 1. The first-order chi connectivity index (χ1) is 10.1. The quantitative estimate of drug-likeness (QED) is 0.850. The van der Waals surface area contributed by atoms with Crippen molar-refractivity contribution in [3.63, 3.8) is 0 Å². The highest BCUT2D eigenvalue weighted by atomic mass is 19.2. The van der Waals surface area contributed by atoms with Crippen LogP contribution in [-0.2, 0) is 0 Å². The van der Waals surface area contributed by atoms with Gasteiger partial charge in [-0.2, -0.15) is 0 Å². The van der Waals surface area contributed by atoms with Gasteiger partial charge in [-0.3, -0.25) is 4.79 Å². The summed E-state index contributed by atoms with van der Waals surface area (Å²) >= 11 is 0. The third-order valence-corrected chi connectivity index (χ3v) is 4.83. The smallest absolute Gasteiger partial charge is 0.256 e. The number of benzene rings is 1. The van der Waals surface area contributed by atoms with E-state index < -0.39 is 11.6 Å². The van der Waals surface area contributed by atoms with Gasteiger partial charge < -0.3 is 10.6 Å². The molecule has 3 nitrogen and oxygen atoms in total. The molecule has 1 aliphatic carbocycles. The largest absolute Gasteiger partial charge is 0.398 e. The Kier molecular flexibility index (Phi) is 3.83. The molecule has 0 radical (unpaired) electrons. The minimum atomic E-state index is -1.02. The molecule has 1 amide bonds. The van der Waals surface area contributed by atoms with Gasteiger partial charge in [0.2, 0.25) is 0 Å². The van der Waals surface area contributed by atoms with Crippen LogP contribution >= 0.6 is 0 Å². The number of hydrogen-bond donors (Lipinski definition) is 1. The second-order valence-electron chi connectivity index (χ2n) is 6.11. The fraction of sp³-hybridized carbons (Fsp3) is 0.562. The Bertz CT molecular complexity index is 555. The Morgan fingerprint density at radius 1 is 1.10 bits per heavy atom. The van der Waals surface area contributed by atoms with Gasteiger partial charge in [0.05, 0.1) is 5.56 Å². The van der Waals surface area contributed by atoms with Gasteiger partial charge in [0.15, 0.2) is 11.6 Å². The summed E-state index contributed by atoms with van der Waals surface area (Å²) in [4.78, 5) is 14.5. The lowest BCUT2D eigenvalue weighted by Crippen LogP contribution is -2.39. The van der Waals surface area contributed by atoms with Crippen molar-refractivity contribution in [3.8, 4) is 0 Å². The highest BCUT2D eigenvalue weighted by Gasteiger charge is 2.36. The van der Waals surface area contributed by atoms with Crippen molar-refractivity contribution in [2.45, 2.75) is 44.6 Å². The van der Waals surface area contributed by atoms with Crippen LogP contribution in [0.25, 0.3) is 0 Å². The molecule has 0 aromatic heterocycles. The van der Waals surface area contributed by atoms with Crippen LogP contribution in [0.5, 0.6) is 0 Å². The average Bonchev–Trinajstić information content (AvgIpc) is 3.11. The van der Waals surface area contributed by atoms with Crippen molar-refractivity contribution < 1.29 is 13.6 Å². The topological polar surface area (TPSA) is 46.3 Å². The van der Waals surface area contributed by atoms with Crippen LogP contribution in [0.2, 0.25) is 0 Å². The molecule has 0 spiro atoms. The first-order valence-electron chi connectivity index (χ1n) is 7.63. The number of nitrogens with zero attached hydrogens (tertiary/aromatic N) is 1. The SMILES string of the molecule is Nc1cc(F)c(F)cc1C(=O)N1CCCC1C1CCCC1. The highest BCUT2D eigenvalue weighted by molar-refractivity contribution is 5.99. The van der Waals surface area contributed by atoms with Crippen LogP contribution < -0.4 is 5.73 Å². The molecule has 2 fully saturated rings. The Hall–Kier alpha value is -1.65. The Balaban J connectivity index is 1.85. The summed E-state index contributed by atoms with van der Waals surface area (Å²) in [5, 5.41) is 0. The van der Waals surface area contributed by atoms with Gasteiger partial charge in [-0.25, -0.2) is 8.78 Å². The number of rotatable bonds is 2. The van der Waals surface area contributed by atoms with Crippen molar-refractivity contribution in [2.24, 2.45) is 5.92 Å². The molecule has 1 aromatic rings. The molecular formula is C16H20F2N2O. The van der Waals surface area contributed by atoms with Gasteiger partial charge in [-0.15, -0.1) is 0 Å². The van der Waals surface area contributed by atoms with Gasteiger partial charge in [0.25, 0.3) is 5.91 Å². The van der Waals surface area contributed by atoms with Gasteiger partial charge in [0, 0.05) is 24.3 Å². The normalized spacial score (nSPS) is 23.0. The Morgan fingerprint density at radius 2 is 1.76 bits per heavy atom. The zero-order chi connectivity index (χ0) is 15.0. The number of halogens is 2. The summed E-state index contributed by atoms with van der Waals surface area (Å²) < 4.78 is 26.5. The molecule has 1 aromatic carbocycles. The maximum Gasteiger partial charge on any atom is 0.256 e. The van der Waals surface area contributed by atoms with E-state index in [9.17, 15) is 13.6 Å². The average molecular weight is 294 g/mol. The maximum absolute atomic E-state index is 13.4. The fourth-order valence-electron chi connectivity index (χ4n) is 3.78. The van der Waals surface area contributed by atoms with Crippen LogP contribution in [0.1, 0.15) is 48.9 Å². The predicted octanol–water partition coefficient (Wildman–Crippen LogP) is 3.34. The molecule has 1 unspecified atom stereocenters. The van der Waals surface area contributed by atoms with Crippen molar-refractivity contribution in [1.29, 1.82) is 0 Å². The summed E-state index contributed by atoms with van der Waals surface area (Å²) in [6.45, 7) is 0.679. The van der Waals surface area contributed by atoms with E-state index in [1.807, 2.05) is 4.90 Å². The van der Waals surface area contributed by atoms with Crippen LogP contribution in [0.4, 0.5) is 14.5 Å². The standard InChI is InChI=1S/C16H20F2N2O/c17-12-8-11(14(19)9-13(12)18)16(21)20-7-3-6-15(20)10-4-1-2-5-10/h8-10,15H,1-7,19H2. The molecule has 114 valence electrons. The second-order valence-corrected chi connectivity index (χ2v) is 6.11. The summed E-state index contributed by atoms with van der Waals surface area (Å²) in [6.07, 6.45) is 6.72. The molecule has 1 saturated heterocycles. The van der Waals surface area contributed by atoms with Gasteiger partial charge >= 0.3 is 0 Å². The van der Waals surface area contributed by atoms with Crippen LogP contribution in [0, 0.1) is 17.6 Å². The Morgan fingerprint density at radius 3 is 2.48 bits per heavy atom. The van der Waals surface area contributed by atoms with Crippen molar-refractivity contribution >= 4 is 11.6 Å². The van der Waals surface area contributed by atoms with E-state index in [1.54, 1.807) is 0 Å². The maximum atomic E-state index is 13.4. The van der Waals surface area contributed by atoms with E-state index in [2.05, 4.69) is 0 Å². The minimum absolute atomic E-state index is 0.0102. The molecule has 1 heterocycles. The molecule has 2 aliphatic rings. The molecule has 21 heavy (non-hydrogen) atoms. The predicted molar refractivity (Wildman–Crippen MR) is 76.8 cm³/mol. The van der Waals surface area contributed by atoms with Crippen LogP contribution in [0.3, 0.4) is 0 Å². The number of hydrogen-bond acceptors (Lipinski definition) is 2. The molecule has 0 bridgehead atoms. The van der Waals surface area contributed by atoms with E-state index in [0.717, 1.165) is 37.8 Å². The van der Waals surface area contributed by atoms with Crippen LogP contribution in [-0.4, -0.2) is 23.4 Å². The highest BCUT2D eigenvalue weighted by Crippen LogP contribution is 2.36. The number of nitrogen functional groups attached to an aromatic ring is 1. The van der Waals surface area contributed by atoms with E-state index in [4.69, 9.17) is 5.73 Å². The lowest BCUT2D eigenvalue weighted by molar-refractivity contribution is 0.0689. The lowest BCUT2D eigenvalue weighted by Gasteiger charge is -2.29.